The Bertz CT molecular complexity index is 804. The Labute approximate surface area is 125 Å². The number of hydrogen-bond acceptors (Lipinski definition) is 5. The number of imidazole rings is 1. The van der Waals surface area contributed by atoms with Crippen molar-refractivity contribution in [3.63, 3.8) is 0 Å². The van der Waals surface area contributed by atoms with Crippen molar-refractivity contribution in [1.29, 1.82) is 0 Å². The Balaban J connectivity index is 1.81. The van der Waals surface area contributed by atoms with Gasteiger partial charge in [0.05, 0.1) is 23.6 Å². The summed E-state index contributed by atoms with van der Waals surface area (Å²) in [5.74, 6) is 1.97. The van der Waals surface area contributed by atoms with E-state index in [-0.39, 0.29) is 0 Å². The third-order valence-corrected chi connectivity index (χ3v) is 4.57. The minimum absolute atomic E-state index is 0.882. The first-order chi connectivity index (χ1) is 10.3. The molecule has 0 spiro atoms. The maximum Gasteiger partial charge on any atom is 0.145 e. The maximum atomic E-state index is 4.49. The third kappa shape index (κ3) is 2.09. The second-order valence-corrected chi connectivity index (χ2v) is 6.03. The standard InChI is InChI=1S/C14H14N6S/c1-9-4-16-13-12(9)14(19-8-18-13)20-2-3-21-11(6-20)10-5-15-7-17-10/h4-8H,2-3H2,1H3,(H,15,17)(H,16,18,19). The largest absolute Gasteiger partial charge is 0.346 e. The molecule has 0 saturated carbocycles. The number of anilines is 1. The van der Waals surface area contributed by atoms with Gasteiger partial charge in [0.25, 0.3) is 0 Å². The normalized spacial score (nSPS) is 15.5. The first-order valence-corrected chi connectivity index (χ1v) is 7.70. The van der Waals surface area contributed by atoms with Gasteiger partial charge in [-0.3, -0.25) is 0 Å². The number of fused-ring (bicyclic) bond motifs is 1. The van der Waals surface area contributed by atoms with E-state index in [4.69, 9.17) is 0 Å². The van der Waals surface area contributed by atoms with Gasteiger partial charge in [0, 0.05) is 29.6 Å². The van der Waals surface area contributed by atoms with E-state index in [9.17, 15) is 0 Å². The average molecular weight is 298 g/mol. The van der Waals surface area contributed by atoms with Crippen molar-refractivity contribution in [3.8, 4) is 0 Å². The fourth-order valence-corrected chi connectivity index (χ4v) is 3.49. The van der Waals surface area contributed by atoms with Gasteiger partial charge in [0.2, 0.25) is 0 Å². The van der Waals surface area contributed by atoms with Gasteiger partial charge in [0.1, 0.15) is 17.8 Å². The van der Waals surface area contributed by atoms with Gasteiger partial charge in [-0.25, -0.2) is 15.0 Å². The van der Waals surface area contributed by atoms with E-state index in [0.717, 1.165) is 40.4 Å². The second kappa shape index (κ2) is 4.92. The van der Waals surface area contributed by atoms with Crippen molar-refractivity contribution < 1.29 is 0 Å². The molecule has 3 aromatic rings. The lowest BCUT2D eigenvalue weighted by molar-refractivity contribution is 0.986. The summed E-state index contributed by atoms with van der Waals surface area (Å²) in [5, 5.41) is 1.09. The third-order valence-electron chi connectivity index (χ3n) is 3.55. The van der Waals surface area contributed by atoms with Crippen molar-refractivity contribution in [2.45, 2.75) is 6.92 Å². The van der Waals surface area contributed by atoms with Gasteiger partial charge >= 0.3 is 0 Å². The zero-order valence-electron chi connectivity index (χ0n) is 11.5. The predicted molar refractivity (Wildman–Crippen MR) is 85.0 cm³/mol. The molecule has 0 aromatic carbocycles. The number of aromatic amines is 2. The second-order valence-electron chi connectivity index (χ2n) is 4.89. The van der Waals surface area contributed by atoms with Crippen LogP contribution in [0.2, 0.25) is 0 Å². The zero-order valence-corrected chi connectivity index (χ0v) is 12.3. The summed E-state index contributed by atoms with van der Waals surface area (Å²) in [6.45, 7) is 3.00. The molecule has 0 amide bonds. The van der Waals surface area contributed by atoms with E-state index in [2.05, 4.69) is 42.9 Å². The molecule has 7 heteroatoms. The molecule has 4 rings (SSSR count). The van der Waals surface area contributed by atoms with Gasteiger partial charge in [-0.05, 0) is 12.5 Å². The predicted octanol–water partition coefficient (Wildman–Crippen LogP) is 2.54. The number of hydrogen-bond donors (Lipinski definition) is 2. The lowest BCUT2D eigenvalue weighted by Crippen LogP contribution is -2.24. The number of nitrogens with zero attached hydrogens (tertiary/aromatic N) is 4. The van der Waals surface area contributed by atoms with Crippen LogP contribution in [-0.4, -0.2) is 37.2 Å². The van der Waals surface area contributed by atoms with Crippen molar-refractivity contribution in [2.75, 3.05) is 17.2 Å². The van der Waals surface area contributed by atoms with Crippen LogP contribution in [0.25, 0.3) is 15.9 Å². The molecule has 0 aliphatic carbocycles. The molecule has 4 heterocycles. The SMILES string of the molecule is Cc1c[nH]c2ncnc(N3C=C(c4cnc[nH]4)SCC3)c12. The number of thioether (sulfide) groups is 1. The van der Waals surface area contributed by atoms with Crippen LogP contribution in [0.4, 0.5) is 5.82 Å². The molecule has 21 heavy (non-hydrogen) atoms. The highest BCUT2D eigenvalue weighted by molar-refractivity contribution is 8.08. The van der Waals surface area contributed by atoms with Crippen LogP contribution in [0.5, 0.6) is 0 Å². The minimum atomic E-state index is 0.882. The van der Waals surface area contributed by atoms with Crippen LogP contribution in [0.3, 0.4) is 0 Å². The molecule has 0 atom stereocenters. The van der Waals surface area contributed by atoms with Crippen molar-refractivity contribution in [2.24, 2.45) is 0 Å². The molecule has 0 radical (unpaired) electrons. The highest BCUT2D eigenvalue weighted by Gasteiger charge is 2.19. The van der Waals surface area contributed by atoms with Gasteiger partial charge in [-0.1, -0.05) is 0 Å². The summed E-state index contributed by atoms with van der Waals surface area (Å²) in [7, 11) is 0. The van der Waals surface area contributed by atoms with E-state index < -0.39 is 0 Å². The van der Waals surface area contributed by atoms with Crippen LogP contribution in [-0.2, 0) is 0 Å². The minimum Gasteiger partial charge on any atom is -0.346 e. The van der Waals surface area contributed by atoms with Crippen molar-refractivity contribution in [3.05, 3.63) is 42.5 Å². The lowest BCUT2D eigenvalue weighted by Gasteiger charge is -2.25. The number of nitrogens with one attached hydrogen (secondary N) is 2. The quantitative estimate of drug-likeness (QED) is 0.760. The topological polar surface area (TPSA) is 73.5 Å². The average Bonchev–Trinajstić information content (AvgIpc) is 3.18. The number of rotatable bonds is 2. The summed E-state index contributed by atoms with van der Waals surface area (Å²) < 4.78 is 0. The first-order valence-electron chi connectivity index (χ1n) is 6.71. The molecule has 0 fully saturated rings. The molecule has 1 aliphatic heterocycles. The van der Waals surface area contributed by atoms with Gasteiger partial charge in [-0.2, -0.15) is 0 Å². The molecule has 3 aromatic heterocycles. The molecular formula is C14H14N6S. The fourth-order valence-electron chi connectivity index (χ4n) is 2.52. The summed E-state index contributed by atoms with van der Waals surface area (Å²) in [4.78, 5) is 22.6. The van der Waals surface area contributed by atoms with E-state index in [1.807, 2.05) is 24.2 Å². The van der Waals surface area contributed by atoms with Gasteiger partial charge in [-0.15, -0.1) is 11.8 Å². The lowest BCUT2D eigenvalue weighted by atomic mass is 10.2. The van der Waals surface area contributed by atoms with Crippen LogP contribution in [0, 0.1) is 6.92 Å². The Morgan fingerprint density at radius 1 is 1.29 bits per heavy atom. The first kappa shape index (κ1) is 12.5. The highest BCUT2D eigenvalue weighted by atomic mass is 32.2. The number of aromatic nitrogens is 5. The molecule has 0 unspecified atom stereocenters. The Kier molecular flexibility index (Phi) is 2.92. The molecule has 0 bridgehead atoms. The van der Waals surface area contributed by atoms with Crippen LogP contribution in [0.1, 0.15) is 11.3 Å². The number of aryl methyl sites for hydroxylation is 1. The molecule has 106 valence electrons. The van der Waals surface area contributed by atoms with Gasteiger partial charge in [0.15, 0.2) is 0 Å². The van der Waals surface area contributed by atoms with Crippen LogP contribution < -0.4 is 4.90 Å². The van der Waals surface area contributed by atoms with Crippen LogP contribution >= 0.6 is 11.8 Å². The van der Waals surface area contributed by atoms with Crippen LogP contribution in [0.15, 0.2) is 31.2 Å². The molecule has 2 N–H and O–H groups in total. The summed E-state index contributed by atoms with van der Waals surface area (Å²) in [5.41, 5.74) is 3.09. The Morgan fingerprint density at radius 2 is 2.24 bits per heavy atom. The molecular weight excluding hydrogens is 284 g/mol. The Morgan fingerprint density at radius 3 is 3.10 bits per heavy atom. The summed E-state index contributed by atoms with van der Waals surface area (Å²) >= 11 is 1.83. The molecule has 6 nitrogen and oxygen atoms in total. The summed E-state index contributed by atoms with van der Waals surface area (Å²) in [6, 6.07) is 0. The van der Waals surface area contributed by atoms with Gasteiger partial charge < -0.3 is 14.9 Å². The monoisotopic (exact) mass is 298 g/mol. The summed E-state index contributed by atoms with van der Waals surface area (Å²) in [6.07, 6.45) is 9.27. The van der Waals surface area contributed by atoms with E-state index in [0.29, 0.717) is 0 Å². The fraction of sp³-hybridized carbons (Fsp3) is 0.214. The molecule has 1 aliphatic rings. The van der Waals surface area contributed by atoms with E-state index in [1.165, 1.54) is 4.91 Å². The highest BCUT2D eigenvalue weighted by Crippen LogP contribution is 2.34. The number of H-pyrrole nitrogens is 2. The zero-order chi connectivity index (χ0) is 14.2. The van der Waals surface area contributed by atoms with E-state index in [1.54, 1.807) is 12.7 Å². The van der Waals surface area contributed by atoms with Crippen molar-refractivity contribution >= 4 is 33.5 Å². The van der Waals surface area contributed by atoms with Crippen molar-refractivity contribution in [1.82, 2.24) is 24.9 Å². The Hall–Kier alpha value is -2.28. The smallest absolute Gasteiger partial charge is 0.145 e. The molecule has 0 saturated heterocycles. The van der Waals surface area contributed by atoms with E-state index >= 15 is 0 Å². The maximum absolute atomic E-state index is 4.49.